The molecular formula is C10H24N2O. The summed E-state index contributed by atoms with van der Waals surface area (Å²) in [7, 11) is 1.81. The quantitative estimate of drug-likeness (QED) is 0.662. The minimum Gasteiger partial charge on any atom is -0.381 e. The van der Waals surface area contributed by atoms with Gasteiger partial charge in [-0.15, -0.1) is 0 Å². The molecule has 1 aliphatic heterocycles. The Morgan fingerprint density at radius 1 is 1.08 bits per heavy atom. The lowest BCUT2D eigenvalue weighted by Crippen LogP contribution is -2.59. The van der Waals surface area contributed by atoms with Crippen LogP contribution in [0, 0.1) is 0 Å². The maximum absolute atomic E-state index is 5.42. The van der Waals surface area contributed by atoms with Crippen LogP contribution in [0.15, 0.2) is 0 Å². The van der Waals surface area contributed by atoms with E-state index in [9.17, 15) is 0 Å². The van der Waals surface area contributed by atoms with Gasteiger partial charge in [-0.3, -0.25) is 0 Å². The summed E-state index contributed by atoms with van der Waals surface area (Å²) in [5.74, 6) is 0. The van der Waals surface area contributed by atoms with Gasteiger partial charge >= 0.3 is 0 Å². The number of rotatable bonds is 1. The molecule has 0 aromatic rings. The summed E-state index contributed by atoms with van der Waals surface area (Å²) in [6.45, 7) is 8.94. The number of piperidine rings is 1. The minimum atomic E-state index is 0. The molecule has 80 valence electrons. The molecule has 1 aliphatic rings. The van der Waals surface area contributed by atoms with E-state index in [1.807, 2.05) is 7.11 Å². The predicted octanol–water partition coefficient (Wildman–Crippen LogP) is 2.10. The average molecular weight is 188 g/mol. The summed E-state index contributed by atoms with van der Waals surface area (Å²) < 4.78 is 5.42. The molecule has 0 bridgehead atoms. The van der Waals surface area contributed by atoms with E-state index in [0.29, 0.717) is 6.10 Å². The zero-order chi connectivity index (χ0) is 9.41. The molecule has 0 atom stereocenters. The van der Waals surface area contributed by atoms with Gasteiger partial charge in [-0.1, -0.05) is 0 Å². The van der Waals surface area contributed by atoms with Gasteiger partial charge in [0.15, 0.2) is 0 Å². The second-order valence-corrected chi connectivity index (χ2v) is 5.16. The van der Waals surface area contributed by atoms with Crippen molar-refractivity contribution < 1.29 is 4.74 Å². The van der Waals surface area contributed by atoms with Crippen LogP contribution < -0.4 is 11.5 Å². The maximum Gasteiger partial charge on any atom is 0.0606 e. The number of methoxy groups -OCH3 is 1. The number of hydrogen-bond acceptors (Lipinski definition) is 3. The van der Waals surface area contributed by atoms with Crippen molar-refractivity contribution in [1.82, 2.24) is 11.5 Å². The fourth-order valence-electron chi connectivity index (χ4n) is 2.40. The van der Waals surface area contributed by atoms with Crippen LogP contribution >= 0.6 is 0 Å². The molecule has 0 aromatic carbocycles. The third-order valence-electron chi connectivity index (χ3n) is 2.49. The normalized spacial score (nSPS) is 26.5. The second-order valence-electron chi connectivity index (χ2n) is 5.16. The first-order chi connectivity index (χ1) is 5.35. The highest BCUT2D eigenvalue weighted by Gasteiger charge is 2.37. The van der Waals surface area contributed by atoms with E-state index in [1.165, 1.54) is 0 Å². The Bertz CT molecular complexity index is 150. The highest BCUT2D eigenvalue weighted by molar-refractivity contribution is 4.97. The molecule has 0 spiro atoms. The van der Waals surface area contributed by atoms with E-state index in [4.69, 9.17) is 4.74 Å². The first-order valence-electron chi connectivity index (χ1n) is 4.67. The van der Waals surface area contributed by atoms with Gasteiger partial charge in [-0.2, -0.15) is 0 Å². The predicted molar refractivity (Wildman–Crippen MR) is 56.3 cm³/mol. The molecule has 1 fully saturated rings. The Morgan fingerprint density at radius 3 is 1.77 bits per heavy atom. The van der Waals surface area contributed by atoms with Gasteiger partial charge in [0, 0.05) is 18.2 Å². The summed E-state index contributed by atoms with van der Waals surface area (Å²) >= 11 is 0. The molecule has 0 aliphatic carbocycles. The van der Waals surface area contributed by atoms with Gasteiger partial charge in [-0.05, 0) is 40.5 Å². The molecule has 0 radical (unpaired) electrons. The standard InChI is InChI=1S/C10H21NO.H3N/c1-9(2)6-8(12-5)7-10(3,4)11-9;/h8,11H,6-7H2,1-5H3;1H3. The number of nitrogens with one attached hydrogen (secondary N) is 1. The summed E-state index contributed by atoms with van der Waals surface area (Å²) in [6.07, 6.45) is 2.62. The Morgan fingerprint density at radius 2 is 1.46 bits per heavy atom. The summed E-state index contributed by atoms with van der Waals surface area (Å²) in [5.41, 5.74) is 0.421. The van der Waals surface area contributed by atoms with Gasteiger partial charge in [0.05, 0.1) is 6.10 Å². The fraction of sp³-hybridized carbons (Fsp3) is 1.00. The first-order valence-corrected chi connectivity index (χ1v) is 4.67. The Kier molecular flexibility index (Phi) is 3.91. The SMILES string of the molecule is COC1CC(C)(C)NC(C)(C)C1.N. The zero-order valence-corrected chi connectivity index (χ0v) is 9.61. The molecule has 0 amide bonds. The zero-order valence-electron chi connectivity index (χ0n) is 9.61. The average Bonchev–Trinajstić information content (AvgIpc) is 1.80. The molecule has 0 unspecified atom stereocenters. The molecular weight excluding hydrogens is 164 g/mol. The molecule has 0 saturated carbocycles. The van der Waals surface area contributed by atoms with E-state index in [0.717, 1.165) is 12.8 Å². The summed E-state index contributed by atoms with van der Waals surface area (Å²) in [4.78, 5) is 0. The molecule has 3 heteroatoms. The van der Waals surface area contributed by atoms with E-state index in [-0.39, 0.29) is 17.2 Å². The third kappa shape index (κ3) is 3.63. The first kappa shape index (κ1) is 12.9. The van der Waals surface area contributed by atoms with Crippen molar-refractivity contribution in [3.05, 3.63) is 0 Å². The topological polar surface area (TPSA) is 56.3 Å². The van der Waals surface area contributed by atoms with Crippen LogP contribution in [0.5, 0.6) is 0 Å². The van der Waals surface area contributed by atoms with Crippen molar-refractivity contribution in [2.24, 2.45) is 0 Å². The fourth-order valence-corrected chi connectivity index (χ4v) is 2.40. The highest BCUT2D eigenvalue weighted by Crippen LogP contribution is 2.29. The summed E-state index contributed by atoms with van der Waals surface area (Å²) in [6, 6.07) is 0. The lowest BCUT2D eigenvalue weighted by molar-refractivity contribution is 0.00597. The van der Waals surface area contributed by atoms with Crippen LogP contribution in [0.3, 0.4) is 0 Å². The molecule has 1 saturated heterocycles. The third-order valence-corrected chi connectivity index (χ3v) is 2.49. The smallest absolute Gasteiger partial charge is 0.0606 e. The van der Waals surface area contributed by atoms with E-state index in [2.05, 4.69) is 33.0 Å². The largest absolute Gasteiger partial charge is 0.381 e. The molecule has 1 rings (SSSR count). The van der Waals surface area contributed by atoms with E-state index < -0.39 is 0 Å². The van der Waals surface area contributed by atoms with Gasteiger partial charge in [0.1, 0.15) is 0 Å². The molecule has 1 heterocycles. The van der Waals surface area contributed by atoms with Crippen molar-refractivity contribution in [3.8, 4) is 0 Å². The lowest BCUT2D eigenvalue weighted by atomic mass is 9.81. The van der Waals surface area contributed by atoms with Crippen molar-refractivity contribution in [2.45, 2.75) is 57.7 Å². The van der Waals surface area contributed by atoms with E-state index in [1.54, 1.807) is 0 Å². The molecule has 0 aromatic heterocycles. The Labute approximate surface area is 81.8 Å². The van der Waals surface area contributed by atoms with Crippen LogP contribution in [-0.2, 0) is 4.74 Å². The van der Waals surface area contributed by atoms with Crippen molar-refractivity contribution in [2.75, 3.05) is 7.11 Å². The highest BCUT2D eigenvalue weighted by atomic mass is 16.5. The number of ether oxygens (including phenoxy) is 1. The van der Waals surface area contributed by atoms with Gasteiger partial charge in [0.2, 0.25) is 0 Å². The molecule has 3 nitrogen and oxygen atoms in total. The van der Waals surface area contributed by atoms with Crippen molar-refractivity contribution in [1.29, 1.82) is 0 Å². The van der Waals surface area contributed by atoms with Crippen molar-refractivity contribution >= 4 is 0 Å². The minimum absolute atomic E-state index is 0. The Hall–Kier alpha value is -0.120. The molecule has 4 N–H and O–H groups in total. The molecule has 13 heavy (non-hydrogen) atoms. The van der Waals surface area contributed by atoms with Crippen LogP contribution in [0.2, 0.25) is 0 Å². The van der Waals surface area contributed by atoms with Gasteiger partial charge in [0.25, 0.3) is 0 Å². The monoisotopic (exact) mass is 188 g/mol. The maximum atomic E-state index is 5.42. The lowest BCUT2D eigenvalue weighted by Gasteiger charge is -2.45. The van der Waals surface area contributed by atoms with Gasteiger partial charge < -0.3 is 16.2 Å². The van der Waals surface area contributed by atoms with Crippen LogP contribution in [-0.4, -0.2) is 24.3 Å². The van der Waals surface area contributed by atoms with Gasteiger partial charge in [-0.25, -0.2) is 0 Å². The van der Waals surface area contributed by atoms with Crippen molar-refractivity contribution in [3.63, 3.8) is 0 Å². The Balaban J connectivity index is 0.00000144. The second kappa shape index (κ2) is 3.95. The summed E-state index contributed by atoms with van der Waals surface area (Å²) in [5, 5.41) is 3.62. The van der Waals surface area contributed by atoms with Crippen LogP contribution in [0.1, 0.15) is 40.5 Å². The van der Waals surface area contributed by atoms with E-state index >= 15 is 0 Å². The van der Waals surface area contributed by atoms with Crippen LogP contribution in [0.25, 0.3) is 0 Å². The van der Waals surface area contributed by atoms with Crippen LogP contribution in [0.4, 0.5) is 0 Å². The number of hydrogen-bond donors (Lipinski definition) is 2.